The number of alkyl halides is 3. The highest BCUT2D eigenvalue weighted by atomic mass is 79.9. The normalized spacial score (nSPS) is 13.2. The van der Waals surface area contributed by atoms with Gasteiger partial charge in [-0.2, -0.15) is 13.2 Å². The van der Waals surface area contributed by atoms with Crippen molar-refractivity contribution in [3.05, 3.63) is 69.7 Å². The highest BCUT2D eigenvalue weighted by Crippen LogP contribution is 2.30. The van der Waals surface area contributed by atoms with E-state index in [9.17, 15) is 13.2 Å². The Labute approximate surface area is 130 Å². The van der Waals surface area contributed by atoms with Crippen molar-refractivity contribution >= 4 is 15.9 Å². The molecule has 0 spiro atoms. The zero-order valence-electron chi connectivity index (χ0n) is 11.4. The van der Waals surface area contributed by atoms with Crippen LogP contribution in [0.2, 0.25) is 0 Å². The number of hydrogen-bond acceptors (Lipinski definition) is 1. The number of hydrogen-bond donors (Lipinski definition) is 1. The van der Waals surface area contributed by atoms with E-state index in [1.807, 2.05) is 24.3 Å². The van der Waals surface area contributed by atoms with Crippen LogP contribution in [-0.4, -0.2) is 7.05 Å². The summed E-state index contributed by atoms with van der Waals surface area (Å²) in [7, 11) is 1.81. The molecule has 2 aromatic rings. The lowest BCUT2D eigenvalue weighted by Gasteiger charge is -2.18. The van der Waals surface area contributed by atoms with Crippen LogP contribution in [0.15, 0.2) is 53.0 Å². The van der Waals surface area contributed by atoms with Gasteiger partial charge >= 0.3 is 6.18 Å². The Hall–Kier alpha value is -1.33. The Morgan fingerprint density at radius 2 is 1.57 bits per heavy atom. The van der Waals surface area contributed by atoms with E-state index < -0.39 is 11.7 Å². The van der Waals surface area contributed by atoms with Crippen molar-refractivity contribution in [2.75, 3.05) is 7.05 Å². The van der Waals surface area contributed by atoms with Gasteiger partial charge in [-0.25, -0.2) is 0 Å². The van der Waals surface area contributed by atoms with Gasteiger partial charge in [0.25, 0.3) is 0 Å². The maximum atomic E-state index is 12.6. The number of halogens is 4. The highest BCUT2D eigenvalue weighted by Gasteiger charge is 2.30. The van der Waals surface area contributed by atoms with E-state index in [1.165, 1.54) is 12.1 Å². The summed E-state index contributed by atoms with van der Waals surface area (Å²) < 4.78 is 38.7. The molecule has 1 atom stereocenters. The largest absolute Gasteiger partial charge is 0.416 e. The van der Waals surface area contributed by atoms with Crippen LogP contribution < -0.4 is 5.32 Å². The van der Waals surface area contributed by atoms with Crippen LogP contribution in [0.25, 0.3) is 0 Å². The third-order valence-corrected chi connectivity index (χ3v) is 3.87. The van der Waals surface area contributed by atoms with Crippen LogP contribution in [0.3, 0.4) is 0 Å². The second-order valence-corrected chi connectivity index (χ2v) is 5.71. The van der Waals surface area contributed by atoms with Crippen molar-refractivity contribution in [1.82, 2.24) is 5.32 Å². The lowest BCUT2D eigenvalue weighted by atomic mass is 9.98. The van der Waals surface area contributed by atoms with Gasteiger partial charge < -0.3 is 5.32 Å². The van der Waals surface area contributed by atoms with Gasteiger partial charge in [-0.1, -0.05) is 40.2 Å². The molecule has 0 amide bonds. The highest BCUT2D eigenvalue weighted by molar-refractivity contribution is 9.10. The zero-order chi connectivity index (χ0) is 15.5. The van der Waals surface area contributed by atoms with Crippen LogP contribution in [0.5, 0.6) is 0 Å². The van der Waals surface area contributed by atoms with Crippen LogP contribution in [0.4, 0.5) is 13.2 Å². The summed E-state index contributed by atoms with van der Waals surface area (Å²) in [5.41, 5.74) is 1.34. The molecule has 0 aliphatic heterocycles. The molecule has 0 aliphatic carbocycles. The summed E-state index contributed by atoms with van der Waals surface area (Å²) in [5.74, 6) is 0. The molecule has 2 rings (SSSR count). The third kappa shape index (κ3) is 4.32. The van der Waals surface area contributed by atoms with Crippen LogP contribution in [0, 0.1) is 0 Å². The van der Waals surface area contributed by atoms with E-state index >= 15 is 0 Å². The molecule has 0 saturated heterocycles. The molecule has 0 aromatic heterocycles. The van der Waals surface area contributed by atoms with Gasteiger partial charge in [0.05, 0.1) is 5.56 Å². The molecular weight excluding hydrogens is 343 g/mol. The molecule has 0 heterocycles. The second-order valence-electron chi connectivity index (χ2n) is 4.79. The lowest BCUT2D eigenvalue weighted by molar-refractivity contribution is -0.137. The summed E-state index contributed by atoms with van der Waals surface area (Å²) >= 11 is 3.38. The maximum absolute atomic E-state index is 12.6. The average molecular weight is 358 g/mol. The first-order chi connectivity index (χ1) is 9.90. The van der Waals surface area contributed by atoms with Crippen LogP contribution in [0.1, 0.15) is 22.7 Å². The van der Waals surface area contributed by atoms with Gasteiger partial charge in [-0.05, 0) is 48.9 Å². The van der Waals surface area contributed by atoms with E-state index in [4.69, 9.17) is 0 Å². The monoisotopic (exact) mass is 357 g/mol. The lowest BCUT2D eigenvalue weighted by Crippen LogP contribution is -2.19. The Morgan fingerprint density at radius 3 is 2.05 bits per heavy atom. The van der Waals surface area contributed by atoms with E-state index in [0.717, 1.165) is 34.2 Å². The Balaban J connectivity index is 2.15. The molecule has 1 unspecified atom stereocenters. The predicted molar refractivity (Wildman–Crippen MR) is 81.1 cm³/mol. The minimum absolute atomic E-state index is 0.0199. The first-order valence-corrected chi connectivity index (χ1v) is 7.28. The van der Waals surface area contributed by atoms with Crippen LogP contribution >= 0.6 is 15.9 Å². The van der Waals surface area contributed by atoms with Crippen molar-refractivity contribution < 1.29 is 13.2 Å². The molecule has 0 fully saturated rings. The third-order valence-electron chi connectivity index (χ3n) is 3.34. The predicted octanol–water partition coefficient (Wildman–Crippen LogP) is 4.97. The molecule has 5 heteroatoms. The summed E-state index contributed by atoms with van der Waals surface area (Å²) in [6.07, 6.45) is -3.57. The van der Waals surface area contributed by atoms with Crippen LogP contribution in [-0.2, 0) is 12.6 Å². The molecule has 2 aromatic carbocycles. The quantitative estimate of drug-likeness (QED) is 0.814. The van der Waals surface area contributed by atoms with E-state index in [1.54, 1.807) is 7.05 Å². The number of benzene rings is 2. The Bertz CT molecular complexity index is 576. The van der Waals surface area contributed by atoms with E-state index in [0.29, 0.717) is 0 Å². The standard InChI is InChI=1S/C16H15BrF3N/c1-21-15(10-11-2-8-14(17)9-3-11)12-4-6-13(7-5-12)16(18,19)20/h2-9,15,21H,10H2,1H3. The fourth-order valence-electron chi connectivity index (χ4n) is 2.15. The molecule has 1 nitrogen and oxygen atoms in total. The summed E-state index contributed by atoms with van der Waals surface area (Å²) in [5, 5.41) is 3.15. The maximum Gasteiger partial charge on any atom is 0.416 e. The van der Waals surface area contributed by atoms with Crippen molar-refractivity contribution in [3.63, 3.8) is 0 Å². The fraction of sp³-hybridized carbons (Fsp3) is 0.250. The summed E-state index contributed by atoms with van der Waals surface area (Å²) in [4.78, 5) is 0. The van der Waals surface area contributed by atoms with Crippen molar-refractivity contribution in [2.45, 2.75) is 18.6 Å². The fourth-order valence-corrected chi connectivity index (χ4v) is 2.41. The van der Waals surface area contributed by atoms with Gasteiger partial charge in [0, 0.05) is 10.5 Å². The molecule has 112 valence electrons. The smallest absolute Gasteiger partial charge is 0.313 e. The van der Waals surface area contributed by atoms with Gasteiger partial charge in [-0.15, -0.1) is 0 Å². The molecule has 0 saturated carbocycles. The second kappa shape index (κ2) is 6.62. The first-order valence-electron chi connectivity index (χ1n) is 6.49. The number of rotatable bonds is 4. The van der Waals surface area contributed by atoms with Gasteiger partial charge in [0.1, 0.15) is 0 Å². The minimum Gasteiger partial charge on any atom is -0.313 e. The SMILES string of the molecule is CNC(Cc1ccc(Br)cc1)c1ccc(C(F)(F)F)cc1. The first kappa shape index (κ1) is 16.0. The average Bonchev–Trinajstić information content (AvgIpc) is 2.46. The van der Waals surface area contributed by atoms with E-state index in [2.05, 4.69) is 21.2 Å². The molecule has 0 bridgehead atoms. The molecule has 21 heavy (non-hydrogen) atoms. The van der Waals surface area contributed by atoms with Crippen molar-refractivity contribution in [1.29, 1.82) is 0 Å². The molecular formula is C16H15BrF3N. The molecule has 0 aliphatic rings. The Kier molecular flexibility index (Phi) is 5.06. The summed E-state index contributed by atoms with van der Waals surface area (Å²) in [6.45, 7) is 0. The van der Waals surface area contributed by atoms with Crippen molar-refractivity contribution in [3.8, 4) is 0 Å². The molecule has 0 radical (unpaired) electrons. The number of nitrogens with one attached hydrogen (secondary N) is 1. The zero-order valence-corrected chi connectivity index (χ0v) is 13.0. The minimum atomic E-state index is -4.29. The van der Waals surface area contributed by atoms with Gasteiger partial charge in [0.15, 0.2) is 0 Å². The molecule has 1 N–H and O–H groups in total. The van der Waals surface area contributed by atoms with Gasteiger partial charge in [0.2, 0.25) is 0 Å². The van der Waals surface area contributed by atoms with E-state index in [-0.39, 0.29) is 6.04 Å². The van der Waals surface area contributed by atoms with Gasteiger partial charge in [-0.3, -0.25) is 0 Å². The number of likely N-dealkylation sites (N-methyl/N-ethyl adjacent to an activating group) is 1. The van der Waals surface area contributed by atoms with Crippen molar-refractivity contribution in [2.24, 2.45) is 0 Å². The topological polar surface area (TPSA) is 12.0 Å². The summed E-state index contributed by atoms with van der Waals surface area (Å²) in [6, 6.07) is 13.2. The Morgan fingerprint density at radius 1 is 1.00 bits per heavy atom.